The number of pyridine rings is 1. The molecule has 0 saturated carbocycles. The Morgan fingerprint density at radius 3 is 2.26 bits per heavy atom. The number of carbonyl (C=O) groups excluding carboxylic acids is 2. The number of benzene rings is 2. The van der Waals surface area contributed by atoms with E-state index < -0.39 is 23.1 Å². The number of ether oxygens (including phenoxy) is 3. The fourth-order valence-corrected chi connectivity index (χ4v) is 4.56. The largest absolute Gasteiger partial charge is 0.507 e. The zero-order valence-corrected chi connectivity index (χ0v) is 24.1. The Balaban J connectivity index is 1.69. The average Bonchev–Trinajstić information content (AvgIpc) is 3.00. The SMILES string of the molecule is COCCNc1nc(NCCCOCCOC)c(C#N)c(C)c1/N=N/c1cccc2c1C(=O)c1c(O)ccc(O)c1C2=O. The molecule has 13 nitrogen and oxygen atoms in total. The van der Waals surface area contributed by atoms with Gasteiger partial charge in [-0.1, -0.05) is 12.1 Å². The molecule has 0 bridgehead atoms. The molecule has 1 aromatic heterocycles. The van der Waals surface area contributed by atoms with Crippen LogP contribution < -0.4 is 10.6 Å². The molecule has 0 saturated heterocycles. The molecule has 43 heavy (non-hydrogen) atoms. The molecule has 4 rings (SSSR count). The fraction of sp³-hybridized carbons (Fsp3) is 0.333. The van der Waals surface area contributed by atoms with Gasteiger partial charge in [-0.3, -0.25) is 9.59 Å². The first-order valence-corrected chi connectivity index (χ1v) is 13.5. The van der Waals surface area contributed by atoms with Crippen LogP contribution in [0, 0.1) is 18.3 Å². The van der Waals surface area contributed by atoms with Crippen LogP contribution in [0.1, 0.15) is 49.4 Å². The first-order valence-electron chi connectivity index (χ1n) is 13.5. The molecule has 0 unspecified atom stereocenters. The lowest BCUT2D eigenvalue weighted by Crippen LogP contribution is -2.21. The molecular formula is C30H32N6O7. The molecule has 1 aliphatic rings. The van der Waals surface area contributed by atoms with Crippen LogP contribution in [0.4, 0.5) is 23.0 Å². The first kappa shape index (κ1) is 31.0. The highest BCUT2D eigenvalue weighted by molar-refractivity contribution is 6.31. The number of hydrogen-bond donors (Lipinski definition) is 4. The summed E-state index contributed by atoms with van der Waals surface area (Å²) in [5.74, 6) is -1.45. The normalized spacial score (nSPS) is 12.2. The van der Waals surface area contributed by atoms with Crippen LogP contribution in [0.15, 0.2) is 40.6 Å². The van der Waals surface area contributed by atoms with Gasteiger partial charge >= 0.3 is 0 Å². The fourth-order valence-electron chi connectivity index (χ4n) is 4.56. The molecule has 1 heterocycles. The van der Waals surface area contributed by atoms with Crippen LogP contribution in [-0.4, -0.2) is 80.5 Å². The number of azo groups is 1. The van der Waals surface area contributed by atoms with Crippen molar-refractivity contribution in [2.75, 3.05) is 64.4 Å². The highest BCUT2D eigenvalue weighted by atomic mass is 16.5. The van der Waals surface area contributed by atoms with Gasteiger partial charge in [0.15, 0.2) is 11.6 Å². The van der Waals surface area contributed by atoms with Crippen LogP contribution in [-0.2, 0) is 14.2 Å². The number of fused-ring (bicyclic) bond motifs is 2. The lowest BCUT2D eigenvalue weighted by Gasteiger charge is -2.20. The molecule has 2 aromatic carbocycles. The second-order valence-corrected chi connectivity index (χ2v) is 9.49. The van der Waals surface area contributed by atoms with Crippen molar-refractivity contribution in [3.8, 4) is 17.6 Å². The summed E-state index contributed by atoms with van der Waals surface area (Å²) in [6.07, 6.45) is 0.672. The Kier molecular flexibility index (Phi) is 10.3. The first-order chi connectivity index (χ1) is 20.8. The van der Waals surface area contributed by atoms with E-state index in [-0.39, 0.29) is 39.2 Å². The van der Waals surface area contributed by atoms with Gasteiger partial charge < -0.3 is 35.1 Å². The van der Waals surface area contributed by atoms with Gasteiger partial charge in [-0.2, -0.15) is 5.26 Å². The van der Waals surface area contributed by atoms with Crippen molar-refractivity contribution in [2.24, 2.45) is 10.2 Å². The van der Waals surface area contributed by atoms with E-state index in [1.54, 1.807) is 27.2 Å². The molecule has 0 amide bonds. The summed E-state index contributed by atoms with van der Waals surface area (Å²) in [6.45, 7) is 4.48. The van der Waals surface area contributed by atoms with Crippen molar-refractivity contribution in [1.29, 1.82) is 5.26 Å². The van der Waals surface area contributed by atoms with Gasteiger partial charge in [0, 0.05) is 45.0 Å². The van der Waals surface area contributed by atoms with Crippen LogP contribution in [0.2, 0.25) is 0 Å². The molecule has 0 spiro atoms. The summed E-state index contributed by atoms with van der Waals surface area (Å²) in [4.78, 5) is 31.3. The number of rotatable bonds is 14. The Morgan fingerprint density at radius 2 is 1.56 bits per heavy atom. The van der Waals surface area contributed by atoms with Crippen molar-refractivity contribution < 1.29 is 34.0 Å². The van der Waals surface area contributed by atoms with Crippen molar-refractivity contribution >= 4 is 34.6 Å². The standard InChI is InChI=1S/C30H32N6O7/c1-17-19(16-31)29(32-10-5-12-43-15-14-42-3)34-30(33-11-13-41-2)26(17)36-35-20-7-4-6-18-23(20)28(40)25-22(38)9-8-21(37)24(25)27(18)39/h4,6-9,37-38H,5,10-15H2,1-3H3,(H2,32,33,34)/b36-35+. The molecule has 13 heteroatoms. The Bertz CT molecular complexity index is 1600. The zero-order chi connectivity index (χ0) is 30.9. The van der Waals surface area contributed by atoms with Gasteiger partial charge in [0.1, 0.15) is 29.1 Å². The number of nitrogens with zero attached hydrogens (tertiary/aromatic N) is 4. The second-order valence-electron chi connectivity index (χ2n) is 9.49. The minimum Gasteiger partial charge on any atom is -0.507 e. The zero-order valence-electron chi connectivity index (χ0n) is 24.1. The summed E-state index contributed by atoms with van der Waals surface area (Å²) < 4.78 is 15.6. The van der Waals surface area contributed by atoms with Gasteiger partial charge in [0.2, 0.25) is 5.78 Å². The molecule has 0 fully saturated rings. The molecule has 4 N–H and O–H groups in total. The predicted octanol–water partition coefficient (Wildman–Crippen LogP) is 4.39. The molecule has 0 atom stereocenters. The highest BCUT2D eigenvalue weighted by Gasteiger charge is 2.36. The van der Waals surface area contributed by atoms with Crippen LogP contribution in [0.3, 0.4) is 0 Å². The molecule has 1 aliphatic carbocycles. The predicted molar refractivity (Wildman–Crippen MR) is 157 cm³/mol. The second kappa shape index (κ2) is 14.3. The summed E-state index contributed by atoms with van der Waals surface area (Å²) in [5.41, 5.74) is 0.477. The smallest absolute Gasteiger partial charge is 0.200 e. The Labute approximate surface area is 248 Å². The van der Waals surface area contributed by atoms with Crippen molar-refractivity contribution in [3.63, 3.8) is 0 Å². The minimum atomic E-state index is -0.677. The third-order valence-corrected chi connectivity index (χ3v) is 6.70. The summed E-state index contributed by atoms with van der Waals surface area (Å²) in [7, 11) is 3.17. The lowest BCUT2D eigenvalue weighted by molar-refractivity contribution is 0.0705. The number of methoxy groups -OCH3 is 2. The van der Waals surface area contributed by atoms with Gasteiger partial charge in [0.05, 0.1) is 47.8 Å². The van der Waals surface area contributed by atoms with E-state index in [9.17, 15) is 25.1 Å². The maximum Gasteiger partial charge on any atom is 0.200 e. The number of nitriles is 1. The van der Waals surface area contributed by atoms with Gasteiger partial charge in [-0.25, -0.2) is 4.98 Å². The van der Waals surface area contributed by atoms with E-state index in [0.717, 1.165) is 12.1 Å². The summed E-state index contributed by atoms with van der Waals surface area (Å²) >= 11 is 0. The van der Waals surface area contributed by atoms with E-state index in [4.69, 9.17) is 14.2 Å². The summed E-state index contributed by atoms with van der Waals surface area (Å²) in [6, 6.07) is 8.97. The van der Waals surface area contributed by atoms with E-state index in [0.29, 0.717) is 63.1 Å². The molecule has 224 valence electrons. The number of anilines is 2. The van der Waals surface area contributed by atoms with Crippen LogP contribution in [0.25, 0.3) is 0 Å². The summed E-state index contributed by atoms with van der Waals surface area (Å²) in [5, 5.41) is 45.6. The number of ketones is 2. The topological polar surface area (TPSA) is 188 Å². The monoisotopic (exact) mass is 588 g/mol. The maximum absolute atomic E-state index is 13.5. The number of aromatic nitrogens is 1. The van der Waals surface area contributed by atoms with E-state index in [1.807, 2.05) is 0 Å². The number of hydrogen-bond acceptors (Lipinski definition) is 13. The minimum absolute atomic E-state index is 0.0200. The van der Waals surface area contributed by atoms with Gasteiger partial charge in [-0.05, 0) is 31.5 Å². The van der Waals surface area contributed by atoms with Crippen LogP contribution >= 0.6 is 0 Å². The van der Waals surface area contributed by atoms with Crippen LogP contribution in [0.5, 0.6) is 11.5 Å². The quantitative estimate of drug-likeness (QED) is 0.0929. The van der Waals surface area contributed by atoms with E-state index in [2.05, 4.69) is 31.9 Å². The molecule has 0 radical (unpaired) electrons. The van der Waals surface area contributed by atoms with Crippen molar-refractivity contribution in [3.05, 3.63) is 63.7 Å². The Morgan fingerprint density at radius 1 is 0.860 bits per heavy atom. The Hall–Kier alpha value is -4.90. The molecule has 0 aliphatic heterocycles. The van der Waals surface area contributed by atoms with Crippen molar-refractivity contribution in [2.45, 2.75) is 13.3 Å². The number of carbonyl (C=O) groups is 2. The van der Waals surface area contributed by atoms with E-state index >= 15 is 0 Å². The van der Waals surface area contributed by atoms with E-state index in [1.165, 1.54) is 12.1 Å². The average molecular weight is 589 g/mol. The highest BCUT2D eigenvalue weighted by Crippen LogP contribution is 2.41. The third kappa shape index (κ3) is 6.62. The number of phenolic OH excluding ortho intramolecular Hbond substituents is 2. The number of nitrogens with one attached hydrogen (secondary N) is 2. The maximum atomic E-state index is 13.5. The van der Waals surface area contributed by atoms with Crippen molar-refractivity contribution in [1.82, 2.24) is 4.98 Å². The number of phenols is 2. The molecular weight excluding hydrogens is 556 g/mol. The third-order valence-electron chi connectivity index (χ3n) is 6.70. The van der Waals surface area contributed by atoms with Gasteiger partial charge in [-0.15, -0.1) is 10.2 Å². The number of aromatic hydroxyl groups is 2. The van der Waals surface area contributed by atoms with Gasteiger partial charge in [0.25, 0.3) is 0 Å². The molecule has 3 aromatic rings. The lowest BCUT2D eigenvalue weighted by atomic mass is 9.82.